The van der Waals surface area contributed by atoms with Crippen LogP contribution in [0.5, 0.6) is 0 Å². The maximum absolute atomic E-state index is 14.8. The Kier molecular flexibility index (Phi) is 5.85. The van der Waals surface area contributed by atoms with Crippen LogP contribution in [0.1, 0.15) is 22.3 Å². The van der Waals surface area contributed by atoms with Crippen molar-refractivity contribution in [2.24, 2.45) is 0 Å². The second kappa shape index (κ2) is 10.2. The van der Waals surface area contributed by atoms with E-state index in [4.69, 9.17) is 4.98 Å². The van der Waals surface area contributed by atoms with Gasteiger partial charge in [0.25, 0.3) is 0 Å². The Morgan fingerprint density at radius 2 is 1.12 bits per heavy atom. The summed E-state index contributed by atoms with van der Waals surface area (Å²) >= 11 is 0. The molecule has 2 aliphatic rings. The number of imidazole rings is 1. The van der Waals surface area contributed by atoms with E-state index >= 15 is 0 Å². The zero-order valence-electron chi connectivity index (χ0n) is 26.3. The van der Waals surface area contributed by atoms with E-state index in [1.54, 1.807) is 12.1 Å². The highest BCUT2D eigenvalue weighted by atomic mass is 32.2. The highest BCUT2D eigenvalue weighted by molar-refractivity contribution is 7.92. The molecule has 0 atom stereocenters. The lowest BCUT2D eigenvalue weighted by atomic mass is 9.67. The van der Waals surface area contributed by atoms with Crippen LogP contribution in [0.4, 0.5) is 0 Å². The molecule has 1 aromatic heterocycles. The fourth-order valence-corrected chi connectivity index (χ4v) is 10.1. The maximum Gasteiger partial charge on any atom is 0.211 e. The zero-order valence-corrected chi connectivity index (χ0v) is 27.1. The third-order valence-electron chi connectivity index (χ3n) is 10.2. The lowest BCUT2D eigenvalue weighted by Crippen LogP contribution is -2.28. The van der Waals surface area contributed by atoms with Gasteiger partial charge in [-0.2, -0.15) is 0 Å². The van der Waals surface area contributed by atoms with Crippen molar-refractivity contribution in [1.29, 1.82) is 0 Å². The molecular formula is C44H28N2O2S. The fourth-order valence-electron chi connectivity index (χ4n) is 8.26. The van der Waals surface area contributed by atoms with Crippen LogP contribution in [-0.4, -0.2) is 18.0 Å². The smallest absolute Gasteiger partial charge is 0.211 e. The molecule has 0 radical (unpaired) electrons. The summed E-state index contributed by atoms with van der Waals surface area (Å²) in [5.74, 6) is 0.716. The van der Waals surface area contributed by atoms with Gasteiger partial charge in [-0.25, -0.2) is 13.4 Å². The fraction of sp³-hybridized carbons (Fsp3) is 0.0227. The Bertz CT molecular complexity index is 2680. The van der Waals surface area contributed by atoms with Crippen molar-refractivity contribution >= 4 is 20.9 Å². The van der Waals surface area contributed by atoms with Crippen molar-refractivity contribution in [3.63, 3.8) is 0 Å². The van der Waals surface area contributed by atoms with Gasteiger partial charge in [0.15, 0.2) is 0 Å². The van der Waals surface area contributed by atoms with Crippen molar-refractivity contribution in [2.45, 2.75) is 15.2 Å². The van der Waals surface area contributed by atoms with Crippen LogP contribution >= 0.6 is 0 Å². The van der Waals surface area contributed by atoms with E-state index in [-0.39, 0.29) is 4.90 Å². The van der Waals surface area contributed by atoms with Crippen LogP contribution in [0.2, 0.25) is 0 Å². The molecule has 1 aliphatic carbocycles. The molecule has 232 valence electrons. The molecule has 1 aliphatic heterocycles. The van der Waals surface area contributed by atoms with Gasteiger partial charge in [0, 0.05) is 11.1 Å². The number of sulfone groups is 1. The van der Waals surface area contributed by atoms with Crippen molar-refractivity contribution in [3.8, 4) is 39.3 Å². The number of para-hydroxylation sites is 1. The maximum atomic E-state index is 14.8. The van der Waals surface area contributed by atoms with Gasteiger partial charge < -0.3 is 0 Å². The average molecular weight is 649 g/mol. The molecule has 0 bridgehead atoms. The molecular weight excluding hydrogens is 621 g/mol. The summed E-state index contributed by atoms with van der Waals surface area (Å²) in [6, 6.07) is 57.6. The van der Waals surface area contributed by atoms with E-state index in [1.807, 2.05) is 59.2 Å². The summed E-state index contributed by atoms with van der Waals surface area (Å²) in [6.07, 6.45) is 0. The van der Waals surface area contributed by atoms with Gasteiger partial charge >= 0.3 is 0 Å². The summed E-state index contributed by atoms with van der Waals surface area (Å²) in [5, 5.41) is 0. The molecule has 49 heavy (non-hydrogen) atoms. The Hall–Kier alpha value is -6.04. The van der Waals surface area contributed by atoms with Gasteiger partial charge in [-0.3, -0.25) is 4.57 Å². The second-order valence-electron chi connectivity index (χ2n) is 12.7. The summed E-state index contributed by atoms with van der Waals surface area (Å²) in [4.78, 5) is 5.55. The van der Waals surface area contributed by atoms with Crippen LogP contribution in [0.15, 0.2) is 180 Å². The molecule has 0 spiro atoms. The van der Waals surface area contributed by atoms with Gasteiger partial charge in [-0.1, -0.05) is 146 Å². The molecule has 7 aromatic carbocycles. The van der Waals surface area contributed by atoms with Gasteiger partial charge in [0.2, 0.25) is 9.84 Å². The van der Waals surface area contributed by atoms with E-state index in [1.165, 1.54) is 11.1 Å². The van der Waals surface area contributed by atoms with Crippen LogP contribution in [0, 0.1) is 0 Å². The lowest BCUT2D eigenvalue weighted by Gasteiger charge is -2.34. The molecule has 0 saturated heterocycles. The van der Waals surface area contributed by atoms with Crippen molar-refractivity contribution in [1.82, 2.24) is 9.55 Å². The molecule has 0 fully saturated rings. The zero-order chi connectivity index (χ0) is 32.7. The quantitative estimate of drug-likeness (QED) is 0.191. The molecule has 0 unspecified atom stereocenters. The van der Waals surface area contributed by atoms with E-state index in [0.717, 1.165) is 33.4 Å². The van der Waals surface area contributed by atoms with Gasteiger partial charge in [-0.05, 0) is 63.2 Å². The molecule has 4 nitrogen and oxygen atoms in total. The number of benzene rings is 7. The summed E-state index contributed by atoms with van der Waals surface area (Å²) in [5.41, 5.74) is 10.7. The van der Waals surface area contributed by atoms with Crippen LogP contribution in [-0.2, 0) is 15.3 Å². The summed E-state index contributed by atoms with van der Waals surface area (Å²) in [6.45, 7) is 0. The average Bonchev–Trinajstić information content (AvgIpc) is 3.70. The largest absolute Gasteiger partial charge is 0.290 e. The minimum Gasteiger partial charge on any atom is -0.290 e. The highest BCUT2D eigenvalue weighted by Gasteiger charge is 2.46. The topological polar surface area (TPSA) is 52.0 Å². The molecule has 8 aromatic rings. The Labute approximate surface area is 284 Å². The molecule has 0 amide bonds. The summed E-state index contributed by atoms with van der Waals surface area (Å²) in [7, 11) is -3.92. The first-order valence-electron chi connectivity index (χ1n) is 16.4. The van der Waals surface area contributed by atoms with Crippen LogP contribution in [0.3, 0.4) is 0 Å². The lowest BCUT2D eigenvalue weighted by molar-refractivity contribution is 0.595. The number of rotatable bonds is 4. The van der Waals surface area contributed by atoms with Crippen molar-refractivity contribution in [2.75, 3.05) is 0 Å². The van der Waals surface area contributed by atoms with Crippen molar-refractivity contribution < 1.29 is 8.42 Å². The van der Waals surface area contributed by atoms with E-state index in [9.17, 15) is 8.42 Å². The molecule has 5 heteroatoms. The normalized spacial score (nSPS) is 14.6. The molecule has 0 N–H and O–H groups in total. The van der Waals surface area contributed by atoms with Gasteiger partial charge in [0.05, 0.1) is 27.0 Å². The third kappa shape index (κ3) is 3.73. The number of hydrogen-bond donors (Lipinski definition) is 0. The summed E-state index contributed by atoms with van der Waals surface area (Å²) < 4.78 is 31.6. The van der Waals surface area contributed by atoms with Gasteiger partial charge in [-0.15, -0.1) is 0 Å². The number of hydrogen-bond acceptors (Lipinski definition) is 3. The Balaban J connectivity index is 1.28. The predicted octanol–water partition coefficient (Wildman–Crippen LogP) is 9.87. The first kappa shape index (κ1) is 28.0. The van der Waals surface area contributed by atoms with Crippen molar-refractivity contribution in [3.05, 3.63) is 192 Å². The predicted molar refractivity (Wildman–Crippen MR) is 195 cm³/mol. The number of nitrogens with zero attached hydrogens (tertiary/aromatic N) is 2. The first-order valence-corrected chi connectivity index (χ1v) is 17.9. The SMILES string of the molecule is O=S1(=O)c2c(-c3ccc4c(c3)C(c3ccccc3)(c3ccccc3)c3ccccc3-4)cccc2-n2c(-c3ccccc3)nc3cccc1c32. The minimum absolute atomic E-state index is 0.274. The number of aromatic nitrogens is 2. The minimum atomic E-state index is -3.92. The van der Waals surface area contributed by atoms with E-state index in [2.05, 4.69) is 103 Å². The Morgan fingerprint density at radius 1 is 0.510 bits per heavy atom. The molecule has 2 heterocycles. The van der Waals surface area contributed by atoms with E-state index < -0.39 is 15.3 Å². The second-order valence-corrected chi connectivity index (χ2v) is 14.6. The standard InChI is InChI=1S/C44H28N2O2S/c47-49(48)40-25-13-23-38-41(40)46(43(45-38)29-14-4-1-5-15-29)39-24-12-21-33(42(39)49)30-26-27-35-34-20-10-11-22-36(34)44(37(35)28-30,31-16-6-2-7-17-31)32-18-8-3-9-19-32/h1-28H. The number of fused-ring (bicyclic) bond motifs is 5. The molecule has 0 saturated carbocycles. The third-order valence-corrected chi connectivity index (χ3v) is 12.1. The van der Waals surface area contributed by atoms with Crippen LogP contribution in [0.25, 0.3) is 50.4 Å². The van der Waals surface area contributed by atoms with Gasteiger partial charge in [0.1, 0.15) is 10.7 Å². The first-order chi connectivity index (χ1) is 24.1. The highest BCUT2D eigenvalue weighted by Crippen LogP contribution is 2.57. The van der Waals surface area contributed by atoms with E-state index in [0.29, 0.717) is 33.0 Å². The van der Waals surface area contributed by atoms with Crippen LogP contribution < -0.4 is 0 Å². The monoisotopic (exact) mass is 648 g/mol. The molecule has 10 rings (SSSR count). The Morgan fingerprint density at radius 3 is 1.86 bits per heavy atom.